The first-order valence-corrected chi connectivity index (χ1v) is 6.63. The summed E-state index contributed by atoms with van der Waals surface area (Å²) in [5, 5.41) is 0. The van der Waals surface area contributed by atoms with Gasteiger partial charge in [-0.3, -0.25) is 0 Å². The summed E-state index contributed by atoms with van der Waals surface area (Å²) in [6.45, 7) is 1.23. The van der Waals surface area contributed by atoms with E-state index in [0.717, 1.165) is 16.5 Å². The molecule has 4 rings (SSSR count). The molecule has 0 aromatic rings. The van der Waals surface area contributed by atoms with Crippen LogP contribution >= 0.6 is 0 Å². The van der Waals surface area contributed by atoms with E-state index in [9.17, 15) is 4.79 Å². The van der Waals surface area contributed by atoms with E-state index in [1.165, 1.54) is 25.8 Å². The lowest BCUT2D eigenvalue weighted by Crippen LogP contribution is -3.00. The average molecular weight is 359 g/mol. The molecular formula is C14H18INO2. The molecule has 2 saturated heterocycles. The van der Waals surface area contributed by atoms with Crippen molar-refractivity contribution in [1.82, 2.24) is 0 Å². The Bertz CT molecular complexity index is 472. The van der Waals surface area contributed by atoms with Crippen molar-refractivity contribution in [2.24, 2.45) is 0 Å². The maximum atomic E-state index is 11.6. The molecule has 0 aromatic carbocycles. The number of carbonyl (C=O) groups is 1. The number of carbonyl (C=O) groups excluding carboxylic acids is 1. The largest absolute Gasteiger partial charge is 1.00 e. The third kappa shape index (κ3) is 1.31. The van der Waals surface area contributed by atoms with Gasteiger partial charge in [-0.2, -0.15) is 0 Å². The summed E-state index contributed by atoms with van der Waals surface area (Å²) in [4.78, 5) is 11.6. The maximum Gasteiger partial charge on any atom is 0.332 e. The van der Waals surface area contributed by atoms with Crippen molar-refractivity contribution >= 4 is 5.97 Å². The second-order valence-electron chi connectivity index (χ2n) is 6.12. The van der Waals surface area contributed by atoms with Crippen molar-refractivity contribution in [3.05, 3.63) is 23.8 Å². The minimum absolute atomic E-state index is 0. The fraction of sp³-hybridized carbons (Fsp3) is 0.643. The minimum atomic E-state index is -0.272. The number of quaternary nitrogens is 1. The quantitative estimate of drug-likeness (QED) is 0.301. The zero-order valence-electron chi connectivity index (χ0n) is 10.6. The van der Waals surface area contributed by atoms with E-state index in [2.05, 4.69) is 19.2 Å². The first-order chi connectivity index (χ1) is 8.15. The molecule has 3 aliphatic heterocycles. The van der Waals surface area contributed by atoms with Crippen LogP contribution in [-0.2, 0) is 9.53 Å². The molecule has 0 amide bonds. The van der Waals surface area contributed by atoms with E-state index in [-0.39, 0.29) is 35.5 Å². The highest BCUT2D eigenvalue weighted by molar-refractivity contribution is 5.88. The molecule has 4 atom stereocenters. The van der Waals surface area contributed by atoms with Gasteiger partial charge in [0, 0.05) is 18.1 Å². The van der Waals surface area contributed by atoms with Gasteiger partial charge in [0.1, 0.15) is 12.1 Å². The van der Waals surface area contributed by atoms with E-state index >= 15 is 0 Å². The number of hydrogen-bond acceptors (Lipinski definition) is 2. The van der Waals surface area contributed by atoms with Crippen LogP contribution in [0.2, 0.25) is 0 Å². The maximum absolute atomic E-state index is 11.6. The van der Waals surface area contributed by atoms with Crippen LogP contribution in [0.5, 0.6) is 0 Å². The fourth-order valence-corrected chi connectivity index (χ4v) is 4.61. The van der Waals surface area contributed by atoms with Gasteiger partial charge < -0.3 is 33.2 Å². The average Bonchev–Trinajstić information content (AvgIpc) is 2.73. The van der Waals surface area contributed by atoms with E-state index < -0.39 is 0 Å². The highest BCUT2D eigenvalue weighted by Gasteiger charge is 2.67. The number of fused-ring (bicyclic) bond motifs is 3. The van der Waals surface area contributed by atoms with Gasteiger partial charge in [-0.25, -0.2) is 4.79 Å². The number of hydrogen-bond donors (Lipinski definition) is 0. The Morgan fingerprint density at radius 3 is 3.11 bits per heavy atom. The Hall–Kier alpha value is -0.360. The lowest BCUT2D eigenvalue weighted by molar-refractivity contribution is -0.944. The zero-order valence-corrected chi connectivity index (χ0v) is 12.7. The molecule has 2 fully saturated rings. The topological polar surface area (TPSA) is 26.3 Å². The van der Waals surface area contributed by atoms with Crippen LogP contribution in [0.1, 0.15) is 25.7 Å². The first-order valence-electron chi connectivity index (χ1n) is 6.63. The molecule has 3 heterocycles. The van der Waals surface area contributed by atoms with Gasteiger partial charge >= 0.3 is 5.97 Å². The van der Waals surface area contributed by atoms with E-state index in [0.29, 0.717) is 12.1 Å². The van der Waals surface area contributed by atoms with E-state index in [4.69, 9.17) is 4.74 Å². The normalized spacial score (nSPS) is 47.8. The second-order valence-corrected chi connectivity index (χ2v) is 6.12. The Labute approximate surface area is 124 Å². The molecule has 1 unspecified atom stereocenters. The number of halogens is 1. The summed E-state index contributed by atoms with van der Waals surface area (Å²) in [5.41, 5.74) is 0.860. The smallest absolute Gasteiger partial charge is 0.332 e. The summed E-state index contributed by atoms with van der Waals surface area (Å²) in [7, 11) is 2.35. The molecule has 4 heteroatoms. The van der Waals surface area contributed by atoms with Crippen LogP contribution < -0.4 is 24.0 Å². The van der Waals surface area contributed by atoms with E-state index in [1.54, 1.807) is 6.08 Å². The standard InChI is InChI=1S/C14H18NO2.HI/c1-15-7-3-2-4-12(15)14-9-11(15)6-5-10(14)8-13(16)17-14;/h5-6,8,11-12H,2-4,7,9H2,1H3;1H/q+1;/p-1/t11-,12-,14+,15?;/m1./s1. The van der Waals surface area contributed by atoms with Gasteiger partial charge in [-0.1, -0.05) is 6.08 Å². The third-order valence-corrected chi connectivity index (χ3v) is 5.43. The highest BCUT2D eigenvalue weighted by atomic mass is 127. The number of piperidine rings is 1. The van der Waals surface area contributed by atoms with Crippen LogP contribution in [-0.4, -0.2) is 41.7 Å². The Balaban J connectivity index is 0.000001000. The monoisotopic (exact) mass is 359 g/mol. The van der Waals surface area contributed by atoms with Crippen molar-refractivity contribution in [3.8, 4) is 0 Å². The van der Waals surface area contributed by atoms with Crippen molar-refractivity contribution < 1.29 is 38.0 Å². The number of rotatable bonds is 0. The lowest BCUT2D eigenvalue weighted by Gasteiger charge is -2.44. The highest BCUT2D eigenvalue weighted by Crippen LogP contribution is 2.54. The Morgan fingerprint density at radius 1 is 1.44 bits per heavy atom. The fourth-order valence-electron chi connectivity index (χ4n) is 4.61. The Kier molecular flexibility index (Phi) is 2.69. The Morgan fingerprint density at radius 2 is 2.28 bits per heavy atom. The summed E-state index contributed by atoms with van der Waals surface area (Å²) in [6.07, 6.45) is 10.9. The second kappa shape index (κ2) is 3.82. The van der Waals surface area contributed by atoms with Crippen molar-refractivity contribution in [3.63, 3.8) is 0 Å². The SMILES string of the molecule is C[N+]12CCCC[C@@H]1[C@]13C[C@H]2C=CC1=CC(=O)O3.[I-]. The molecular weight excluding hydrogens is 341 g/mol. The van der Waals surface area contributed by atoms with Gasteiger partial charge in [0.05, 0.1) is 20.0 Å². The third-order valence-electron chi connectivity index (χ3n) is 5.43. The van der Waals surface area contributed by atoms with Crippen LogP contribution in [0.4, 0.5) is 0 Å². The summed E-state index contributed by atoms with van der Waals surface area (Å²) >= 11 is 0. The lowest BCUT2D eigenvalue weighted by atomic mass is 9.80. The van der Waals surface area contributed by atoms with Gasteiger partial charge in [-0.15, -0.1) is 0 Å². The summed E-state index contributed by atoms with van der Waals surface area (Å²) < 4.78 is 6.86. The molecule has 0 radical (unpaired) electrons. The molecule has 98 valence electrons. The molecule has 3 nitrogen and oxygen atoms in total. The van der Waals surface area contributed by atoms with Crippen LogP contribution in [0.3, 0.4) is 0 Å². The number of nitrogens with zero attached hydrogens (tertiary/aromatic N) is 1. The molecule has 2 bridgehead atoms. The van der Waals surface area contributed by atoms with Gasteiger partial charge in [0.2, 0.25) is 0 Å². The van der Waals surface area contributed by atoms with Crippen LogP contribution in [0.15, 0.2) is 23.8 Å². The molecule has 0 N–H and O–H groups in total. The molecule has 1 aliphatic carbocycles. The number of esters is 1. The van der Waals surface area contributed by atoms with Gasteiger partial charge in [-0.05, 0) is 18.9 Å². The molecule has 18 heavy (non-hydrogen) atoms. The number of ether oxygens (including phenoxy) is 1. The molecule has 0 aromatic heterocycles. The predicted octanol–water partition coefficient (Wildman–Crippen LogP) is -1.45. The van der Waals surface area contributed by atoms with Crippen molar-refractivity contribution in [2.75, 3.05) is 13.6 Å². The van der Waals surface area contributed by atoms with E-state index in [1.807, 2.05) is 0 Å². The van der Waals surface area contributed by atoms with Crippen molar-refractivity contribution in [2.45, 2.75) is 43.4 Å². The van der Waals surface area contributed by atoms with Crippen molar-refractivity contribution in [1.29, 1.82) is 0 Å². The molecule has 0 saturated carbocycles. The molecule has 4 aliphatic rings. The number of likely N-dealkylation sites (N-methyl/N-ethyl adjacent to an activating group) is 1. The first kappa shape index (κ1) is 12.7. The van der Waals surface area contributed by atoms with Crippen LogP contribution in [0, 0.1) is 0 Å². The van der Waals surface area contributed by atoms with Gasteiger partial charge in [0.15, 0.2) is 5.60 Å². The predicted molar refractivity (Wildman–Crippen MR) is 63.1 cm³/mol. The summed E-state index contributed by atoms with van der Waals surface area (Å²) in [6, 6.07) is 1.03. The minimum Gasteiger partial charge on any atom is -1.00 e. The zero-order chi connectivity index (χ0) is 11.7. The van der Waals surface area contributed by atoms with Gasteiger partial charge in [0.25, 0.3) is 0 Å². The molecule has 1 spiro atoms. The summed E-state index contributed by atoms with van der Waals surface area (Å²) in [5.74, 6) is -0.135. The van der Waals surface area contributed by atoms with Crippen LogP contribution in [0.25, 0.3) is 0 Å².